The Kier molecular flexibility index (Phi) is 4.44. The Morgan fingerprint density at radius 2 is 1.95 bits per heavy atom. The van der Waals surface area contributed by atoms with E-state index in [1.165, 1.54) is 5.56 Å². The number of imidazole rings is 1. The number of halogens is 1. The Balaban J connectivity index is 1.95. The van der Waals surface area contributed by atoms with Crippen molar-refractivity contribution in [1.29, 1.82) is 0 Å². The summed E-state index contributed by atoms with van der Waals surface area (Å²) in [5.74, 6) is 0.886. The van der Waals surface area contributed by atoms with Gasteiger partial charge in [0, 0.05) is 34.4 Å². The predicted molar refractivity (Wildman–Crippen MR) is 94.4 cm³/mol. The molecule has 2 heterocycles. The average Bonchev–Trinajstić information content (AvgIpc) is 2.89. The maximum absolute atomic E-state index is 4.55. The SMILES string of the molecule is CC(C)n1cnc2c(SCc3ccccc3)nc(I)nc21. The molecular formula is C15H15IN4S. The highest BCUT2D eigenvalue weighted by Crippen LogP contribution is 2.28. The van der Waals surface area contributed by atoms with Crippen LogP contribution in [0.2, 0.25) is 0 Å². The van der Waals surface area contributed by atoms with E-state index in [0.717, 1.165) is 25.8 Å². The van der Waals surface area contributed by atoms with Crippen LogP contribution in [0.4, 0.5) is 0 Å². The molecule has 0 saturated heterocycles. The van der Waals surface area contributed by atoms with Crippen molar-refractivity contribution in [3.05, 3.63) is 46.1 Å². The van der Waals surface area contributed by atoms with Crippen molar-refractivity contribution in [3.8, 4) is 0 Å². The highest BCUT2D eigenvalue weighted by atomic mass is 127. The van der Waals surface area contributed by atoms with E-state index in [1.54, 1.807) is 11.8 Å². The molecule has 0 N–H and O–H groups in total. The van der Waals surface area contributed by atoms with Crippen molar-refractivity contribution in [3.63, 3.8) is 0 Å². The van der Waals surface area contributed by atoms with Gasteiger partial charge in [-0.05, 0) is 19.4 Å². The van der Waals surface area contributed by atoms with Crippen LogP contribution in [0.5, 0.6) is 0 Å². The fourth-order valence-electron chi connectivity index (χ4n) is 2.07. The molecule has 0 aliphatic carbocycles. The molecule has 3 aromatic rings. The van der Waals surface area contributed by atoms with Crippen molar-refractivity contribution in [1.82, 2.24) is 19.5 Å². The molecule has 108 valence electrons. The zero-order valence-corrected chi connectivity index (χ0v) is 14.8. The Labute approximate surface area is 141 Å². The number of aromatic nitrogens is 4. The second kappa shape index (κ2) is 6.31. The molecule has 0 unspecified atom stereocenters. The minimum atomic E-state index is 0.340. The van der Waals surface area contributed by atoms with Gasteiger partial charge in [0.1, 0.15) is 10.5 Å². The van der Waals surface area contributed by atoms with E-state index in [4.69, 9.17) is 0 Å². The number of fused-ring (bicyclic) bond motifs is 1. The normalized spacial score (nSPS) is 11.4. The lowest BCUT2D eigenvalue weighted by Crippen LogP contribution is -2.02. The van der Waals surface area contributed by atoms with Gasteiger partial charge in [-0.3, -0.25) is 0 Å². The summed E-state index contributed by atoms with van der Waals surface area (Å²) >= 11 is 3.88. The summed E-state index contributed by atoms with van der Waals surface area (Å²) in [6.45, 7) is 4.26. The molecule has 0 bridgehead atoms. The molecule has 3 rings (SSSR count). The first-order valence-corrected chi connectivity index (χ1v) is 8.78. The highest BCUT2D eigenvalue weighted by Gasteiger charge is 2.14. The first kappa shape index (κ1) is 14.8. The minimum Gasteiger partial charge on any atom is -0.313 e. The third-order valence-electron chi connectivity index (χ3n) is 3.14. The van der Waals surface area contributed by atoms with Gasteiger partial charge in [0.25, 0.3) is 0 Å². The minimum absolute atomic E-state index is 0.340. The first-order valence-electron chi connectivity index (χ1n) is 6.72. The van der Waals surface area contributed by atoms with Gasteiger partial charge in [0.2, 0.25) is 0 Å². The summed E-state index contributed by atoms with van der Waals surface area (Å²) in [7, 11) is 0. The summed E-state index contributed by atoms with van der Waals surface area (Å²) in [6, 6.07) is 10.7. The second-order valence-electron chi connectivity index (χ2n) is 4.99. The number of thioether (sulfide) groups is 1. The maximum Gasteiger partial charge on any atom is 0.193 e. The predicted octanol–water partition coefficient (Wildman–Crippen LogP) is 4.30. The molecule has 0 fully saturated rings. The van der Waals surface area contributed by atoms with E-state index in [2.05, 4.69) is 80.2 Å². The van der Waals surface area contributed by atoms with Gasteiger partial charge in [-0.1, -0.05) is 42.1 Å². The van der Waals surface area contributed by atoms with E-state index in [9.17, 15) is 0 Å². The molecule has 0 spiro atoms. The fourth-order valence-corrected chi connectivity index (χ4v) is 3.63. The van der Waals surface area contributed by atoms with Crippen LogP contribution >= 0.6 is 34.4 Å². The lowest BCUT2D eigenvalue weighted by atomic mass is 10.2. The van der Waals surface area contributed by atoms with Crippen molar-refractivity contribution in [2.24, 2.45) is 0 Å². The van der Waals surface area contributed by atoms with Gasteiger partial charge in [-0.15, -0.1) is 0 Å². The molecule has 0 amide bonds. The summed E-state index contributed by atoms with van der Waals surface area (Å²) in [5.41, 5.74) is 3.09. The summed E-state index contributed by atoms with van der Waals surface area (Å²) in [5, 5.41) is 0.952. The van der Waals surface area contributed by atoms with Crippen LogP contribution in [-0.4, -0.2) is 19.5 Å². The first-order chi connectivity index (χ1) is 10.1. The topological polar surface area (TPSA) is 43.6 Å². The quantitative estimate of drug-likeness (QED) is 0.278. The molecule has 0 saturated carbocycles. The molecule has 0 atom stereocenters. The van der Waals surface area contributed by atoms with Crippen LogP contribution in [-0.2, 0) is 5.75 Å². The van der Waals surface area contributed by atoms with Crippen LogP contribution in [0.15, 0.2) is 41.7 Å². The Hall–Kier alpha value is -1.15. The number of nitrogens with zero attached hydrogens (tertiary/aromatic N) is 4. The molecular weight excluding hydrogens is 395 g/mol. The van der Waals surface area contributed by atoms with Crippen LogP contribution in [0, 0.1) is 3.83 Å². The summed E-state index contributed by atoms with van der Waals surface area (Å²) in [4.78, 5) is 13.6. The number of rotatable bonds is 4. The Morgan fingerprint density at radius 3 is 2.67 bits per heavy atom. The smallest absolute Gasteiger partial charge is 0.193 e. The Bertz CT molecular complexity index is 755. The summed E-state index contributed by atoms with van der Waals surface area (Å²) < 4.78 is 2.85. The molecule has 0 radical (unpaired) electrons. The van der Waals surface area contributed by atoms with Gasteiger partial charge in [-0.25, -0.2) is 15.0 Å². The van der Waals surface area contributed by atoms with Crippen molar-refractivity contribution in [2.45, 2.75) is 30.7 Å². The number of hydrogen-bond acceptors (Lipinski definition) is 4. The molecule has 4 nitrogen and oxygen atoms in total. The standard InChI is InChI=1S/C15H15IN4S/c1-10(2)20-9-17-12-13(20)18-15(16)19-14(12)21-8-11-6-4-3-5-7-11/h3-7,9-10H,8H2,1-2H3. The zero-order chi connectivity index (χ0) is 14.8. The van der Waals surface area contributed by atoms with E-state index in [1.807, 2.05) is 12.4 Å². The van der Waals surface area contributed by atoms with Gasteiger partial charge in [0.15, 0.2) is 9.48 Å². The number of benzene rings is 1. The third kappa shape index (κ3) is 3.21. The van der Waals surface area contributed by atoms with Crippen LogP contribution in [0.3, 0.4) is 0 Å². The second-order valence-corrected chi connectivity index (χ2v) is 6.92. The van der Waals surface area contributed by atoms with Gasteiger partial charge < -0.3 is 4.57 Å². The van der Waals surface area contributed by atoms with Crippen LogP contribution in [0.25, 0.3) is 11.2 Å². The lowest BCUT2D eigenvalue weighted by Gasteiger charge is -2.08. The van der Waals surface area contributed by atoms with Crippen molar-refractivity contribution in [2.75, 3.05) is 0 Å². The molecule has 1 aromatic carbocycles. The molecule has 21 heavy (non-hydrogen) atoms. The summed E-state index contributed by atoms with van der Waals surface area (Å²) in [6.07, 6.45) is 1.85. The van der Waals surface area contributed by atoms with Crippen molar-refractivity contribution >= 4 is 45.5 Å². The van der Waals surface area contributed by atoms with Crippen molar-refractivity contribution < 1.29 is 0 Å². The number of hydrogen-bond donors (Lipinski definition) is 0. The largest absolute Gasteiger partial charge is 0.313 e. The molecule has 2 aromatic heterocycles. The van der Waals surface area contributed by atoms with E-state index in [-0.39, 0.29) is 0 Å². The monoisotopic (exact) mass is 410 g/mol. The van der Waals surface area contributed by atoms with Crippen LogP contribution in [0.1, 0.15) is 25.5 Å². The molecule has 0 aliphatic rings. The lowest BCUT2D eigenvalue weighted by molar-refractivity contribution is 0.612. The Morgan fingerprint density at radius 1 is 1.19 bits per heavy atom. The van der Waals surface area contributed by atoms with E-state index < -0.39 is 0 Å². The van der Waals surface area contributed by atoms with Gasteiger partial charge in [-0.2, -0.15) is 0 Å². The van der Waals surface area contributed by atoms with Gasteiger partial charge in [0.05, 0.1) is 6.33 Å². The van der Waals surface area contributed by atoms with E-state index in [0.29, 0.717) is 6.04 Å². The van der Waals surface area contributed by atoms with E-state index >= 15 is 0 Å². The maximum atomic E-state index is 4.55. The highest BCUT2D eigenvalue weighted by molar-refractivity contribution is 14.1. The fraction of sp³-hybridized carbons (Fsp3) is 0.267. The van der Waals surface area contributed by atoms with Gasteiger partial charge >= 0.3 is 0 Å². The molecule has 6 heteroatoms. The third-order valence-corrected chi connectivity index (χ3v) is 4.66. The zero-order valence-electron chi connectivity index (χ0n) is 11.8. The molecule has 0 aliphatic heterocycles. The van der Waals surface area contributed by atoms with Crippen LogP contribution < -0.4 is 0 Å². The average molecular weight is 410 g/mol.